The van der Waals surface area contributed by atoms with Gasteiger partial charge in [0.15, 0.2) is 11.5 Å². The minimum absolute atomic E-state index is 0.0824. The fraction of sp³-hybridized carbons (Fsp3) is 0.281. The van der Waals surface area contributed by atoms with Crippen molar-refractivity contribution >= 4 is 17.8 Å². The monoisotopic (exact) mass is 554 g/mol. The van der Waals surface area contributed by atoms with Gasteiger partial charge in [-0.1, -0.05) is 60.7 Å². The first-order chi connectivity index (χ1) is 20.0. The normalized spacial score (nSPS) is 14.4. The summed E-state index contributed by atoms with van der Waals surface area (Å²) >= 11 is 0. The Morgan fingerprint density at radius 2 is 1.73 bits per heavy atom. The van der Waals surface area contributed by atoms with Crippen LogP contribution in [0.25, 0.3) is 16.9 Å². The third-order valence-electron chi connectivity index (χ3n) is 7.01. The molecule has 4 aromatic rings. The number of rotatable bonds is 11. The number of methoxy groups -OCH3 is 2. The van der Waals surface area contributed by atoms with Gasteiger partial charge in [0.1, 0.15) is 6.54 Å². The van der Waals surface area contributed by atoms with Gasteiger partial charge in [0.05, 0.1) is 38.1 Å². The van der Waals surface area contributed by atoms with Crippen molar-refractivity contribution < 1.29 is 23.8 Å². The van der Waals surface area contributed by atoms with Crippen LogP contribution in [-0.2, 0) is 20.7 Å². The van der Waals surface area contributed by atoms with Crippen LogP contribution < -0.4 is 14.8 Å². The SMILES string of the molecule is COc1ccc(-n2cc(-c3ccccc3)nc2NC(=O)CN(C[C@@H]2CCCO2)C(=O)Cc2ccccc2)cc1OC. The molecule has 1 fully saturated rings. The summed E-state index contributed by atoms with van der Waals surface area (Å²) in [5.41, 5.74) is 3.21. The minimum Gasteiger partial charge on any atom is -0.493 e. The molecule has 0 aliphatic carbocycles. The van der Waals surface area contributed by atoms with Crippen LogP contribution >= 0.6 is 0 Å². The number of ether oxygens (including phenoxy) is 3. The second kappa shape index (κ2) is 13.1. The average Bonchev–Trinajstić information content (AvgIpc) is 3.67. The van der Waals surface area contributed by atoms with Crippen molar-refractivity contribution in [3.63, 3.8) is 0 Å². The largest absolute Gasteiger partial charge is 0.493 e. The molecule has 3 aromatic carbocycles. The lowest BCUT2D eigenvalue weighted by atomic mass is 10.1. The number of anilines is 1. The number of hydrogen-bond acceptors (Lipinski definition) is 6. The van der Waals surface area contributed by atoms with Crippen molar-refractivity contribution in [1.29, 1.82) is 0 Å². The van der Waals surface area contributed by atoms with Crippen LogP contribution in [-0.4, -0.2) is 66.3 Å². The van der Waals surface area contributed by atoms with Crippen molar-refractivity contribution in [2.45, 2.75) is 25.4 Å². The van der Waals surface area contributed by atoms with Crippen LogP contribution in [0.15, 0.2) is 85.1 Å². The predicted octanol–water partition coefficient (Wildman–Crippen LogP) is 4.75. The maximum Gasteiger partial charge on any atom is 0.246 e. The standard InChI is InChI=1S/C32H34N4O5/c1-39-28-16-15-25(19-29(28)40-2)36-21-27(24-12-7-4-8-13-24)33-32(36)34-30(37)22-35(20-26-14-9-17-41-26)31(38)18-23-10-5-3-6-11-23/h3-8,10-13,15-16,19,21,26H,9,14,17-18,20,22H2,1-2H3,(H,33,34,37)/t26-/m0/s1. The topological polar surface area (TPSA) is 94.9 Å². The number of benzene rings is 3. The van der Waals surface area contributed by atoms with Gasteiger partial charge in [0, 0.05) is 31.0 Å². The molecule has 5 rings (SSSR count). The molecule has 1 atom stereocenters. The summed E-state index contributed by atoms with van der Waals surface area (Å²) in [6, 6.07) is 24.7. The smallest absolute Gasteiger partial charge is 0.246 e. The number of hydrogen-bond donors (Lipinski definition) is 1. The molecule has 41 heavy (non-hydrogen) atoms. The molecule has 1 N–H and O–H groups in total. The second-order valence-electron chi connectivity index (χ2n) is 9.84. The highest BCUT2D eigenvalue weighted by atomic mass is 16.5. The molecule has 0 bridgehead atoms. The van der Waals surface area contributed by atoms with Crippen molar-refractivity contribution in [2.24, 2.45) is 0 Å². The highest BCUT2D eigenvalue weighted by Crippen LogP contribution is 2.32. The Kier molecular flexibility index (Phi) is 8.95. The Bertz CT molecular complexity index is 1470. The molecule has 2 amide bonds. The average molecular weight is 555 g/mol. The zero-order valence-corrected chi connectivity index (χ0v) is 23.3. The van der Waals surface area contributed by atoms with Crippen LogP contribution in [0.1, 0.15) is 18.4 Å². The molecule has 9 nitrogen and oxygen atoms in total. The van der Waals surface area contributed by atoms with Gasteiger partial charge in [-0.15, -0.1) is 0 Å². The van der Waals surface area contributed by atoms with Gasteiger partial charge in [-0.2, -0.15) is 0 Å². The van der Waals surface area contributed by atoms with E-state index in [9.17, 15) is 9.59 Å². The maximum absolute atomic E-state index is 13.5. The molecule has 2 heterocycles. The Morgan fingerprint density at radius 1 is 1.00 bits per heavy atom. The van der Waals surface area contributed by atoms with E-state index < -0.39 is 0 Å². The molecule has 0 radical (unpaired) electrons. The van der Waals surface area contributed by atoms with Crippen LogP contribution in [0.3, 0.4) is 0 Å². The molecule has 212 valence electrons. The molecule has 0 saturated carbocycles. The lowest BCUT2D eigenvalue weighted by Gasteiger charge is -2.25. The Morgan fingerprint density at radius 3 is 2.41 bits per heavy atom. The third-order valence-corrected chi connectivity index (χ3v) is 7.01. The molecular weight excluding hydrogens is 520 g/mol. The highest BCUT2D eigenvalue weighted by Gasteiger charge is 2.25. The van der Waals surface area contributed by atoms with Crippen molar-refractivity contribution in [2.75, 3.05) is 39.2 Å². The van der Waals surface area contributed by atoms with Gasteiger partial charge >= 0.3 is 0 Å². The van der Waals surface area contributed by atoms with Crippen LogP contribution in [0.4, 0.5) is 5.95 Å². The minimum atomic E-state index is -0.351. The predicted molar refractivity (Wildman–Crippen MR) is 156 cm³/mol. The number of amides is 2. The van der Waals surface area contributed by atoms with E-state index in [1.807, 2.05) is 79.0 Å². The Labute approximate surface area is 239 Å². The lowest BCUT2D eigenvalue weighted by molar-refractivity contribution is -0.135. The van der Waals surface area contributed by atoms with E-state index in [0.717, 1.165) is 29.7 Å². The van der Waals surface area contributed by atoms with Gasteiger partial charge in [0.2, 0.25) is 17.8 Å². The maximum atomic E-state index is 13.5. The van der Waals surface area contributed by atoms with Crippen LogP contribution in [0, 0.1) is 0 Å². The van der Waals surface area contributed by atoms with Crippen molar-refractivity contribution in [1.82, 2.24) is 14.5 Å². The van der Waals surface area contributed by atoms with E-state index in [1.54, 1.807) is 29.8 Å². The first-order valence-electron chi connectivity index (χ1n) is 13.6. The van der Waals surface area contributed by atoms with E-state index in [1.165, 1.54) is 0 Å². The second-order valence-corrected chi connectivity index (χ2v) is 9.84. The van der Waals surface area contributed by atoms with E-state index in [-0.39, 0.29) is 30.9 Å². The van der Waals surface area contributed by atoms with E-state index in [0.29, 0.717) is 36.3 Å². The quantitative estimate of drug-likeness (QED) is 0.288. The Hall–Kier alpha value is -4.63. The lowest BCUT2D eigenvalue weighted by Crippen LogP contribution is -2.43. The van der Waals surface area contributed by atoms with Gasteiger partial charge in [-0.3, -0.25) is 19.5 Å². The molecule has 0 unspecified atom stereocenters. The highest BCUT2D eigenvalue weighted by molar-refractivity contribution is 5.94. The number of aromatic nitrogens is 2. The molecule has 1 aliphatic rings. The number of nitrogens with zero attached hydrogens (tertiary/aromatic N) is 3. The number of imidazole rings is 1. The summed E-state index contributed by atoms with van der Waals surface area (Å²) in [5, 5.41) is 2.95. The zero-order valence-electron chi connectivity index (χ0n) is 23.3. The van der Waals surface area contributed by atoms with Gasteiger partial charge in [-0.25, -0.2) is 4.98 Å². The molecule has 9 heteroatoms. The Balaban J connectivity index is 1.41. The van der Waals surface area contributed by atoms with E-state index >= 15 is 0 Å². The van der Waals surface area contributed by atoms with E-state index in [4.69, 9.17) is 19.2 Å². The molecule has 1 aromatic heterocycles. The third kappa shape index (κ3) is 6.93. The fourth-order valence-electron chi connectivity index (χ4n) is 4.90. The van der Waals surface area contributed by atoms with Gasteiger partial charge in [0.25, 0.3) is 0 Å². The summed E-state index contributed by atoms with van der Waals surface area (Å²) in [5.74, 6) is 0.985. The first kappa shape index (κ1) is 27.9. The fourth-order valence-corrected chi connectivity index (χ4v) is 4.90. The van der Waals surface area contributed by atoms with Crippen molar-refractivity contribution in [3.8, 4) is 28.4 Å². The van der Waals surface area contributed by atoms with Crippen LogP contribution in [0.5, 0.6) is 11.5 Å². The number of carbonyl (C=O) groups is 2. The number of nitrogens with one attached hydrogen (secondary N) is 1. The van der Waals surface area contributed by atoms with Gasteiger partial charge in [-0.05, 0) is 30.5 Å². The summed E-state index contributed by atoms with van der Waals surface area (Å²) in [7, 11) is 3.15. The van der Waals surface area contributed by atoms with Crippen LogP contribution in [0.2, 0.25) is 0 Å². The van der Waals surface area contributed by atoms with E-state index in [2.05, 4.69) is 5.32 Å². The zero-order chi connectivity index (χ0) is 28.6. The summed E-state index contributed by atoms with van der Waals surface area (Å²) in [4.78, 5) is 33.1. The van der Waals surface area contributed by atoms with Gasteiger partial charge < -0.3 is 19.1 Å². The van der Waals surface area contributed by atoms with Crippen molar-refractivity contribution in [3.05, 3.63) is 90.6 Å². The molecule has 0 spiro atoms. The summed E-state index contributed by atoms with van der Waals surface area (Å²) < 4.78 is 18.5. The number of carbonyl (C=O) groups excluding carboxylic acids is 2. The molecular formula is C32H34N4O5. The summed E-state index contributed by atoms with van der Waals surface area (Å²) in [6.07, 6.45) is 3.79. The summed E-state index contributed by atoms with van der Waals surface area (Å²) in [6.45, 7) is 0.909. The molecule has 1 saturated heterocycles. The first-order valence-corrected chi connectivity index (χ1v) is 13.6. The molecule has 1 aliphatic heterocycles.